The zero-order valence-corrected chi connectivity index (χ0v) is 21.1. The van der Waals surface area contributed by atoms with Crippen molar-refractivity contribution in [1.82, 2.24) is 9.88 Å². The molecule has 1 aliphatic heterocycles. The van der Waals surface area contributed by atoms with E-state index in [1.165, 1.54) is 0 Å². The monoisotopic (exact) mass is 501 g/mol. The van der Waals surface area contributed by atoms with Gasteiger partial charge in [-0.05, 0) is 86.2 Å². The molecule has 1 aromatic heterocycles. The van der Waals surface area contributed by atoms with Gasteiger partial charge in [0.25, 0.3) is 0 Å². The maximum absolute atomic E-state index is 13.7. The molecule has 0 radical (unpaired) electrons. The fraction of sp³-hybridized carbons (Fsp3) is 0.621. The first kappa shape index (κ1) is 23.2. The van der Waals surface area contributed by atoms with Gasteiger partial charge >= 0.3 is 5.97 Å². The van der Waals surface area contributed by atoms with Crippen LogP contribution in [-0.2, 0) is 20.7 Å². The lowest BCUT2D eigenvalue weighted by atomic mass is 9.46. The van der Waals surface area contributed by atoms with Gasteiger partial charge in [-0.25, -0.2) is 0 Å². The van der Waals surface area contributed by atoms with Crippen LogP contribution in [0.5, 0.6) is 0 Å². The molecule has 7 unspecified atom stereocenters. The molecular formula is C29H35N5O3. The summed E-state index contributed by atoms with van der Waals surface area (Å²) in [6.07, 6.45) is 9.26. The number of benzene rings is 1. The number of carbonyl (C=O) groups is 2. The molecule has 5 aliphatic carbocycles. The Kier molecular flexibility index (Phi) is 5.06. The Labute approximate surface area is 216 Å². The quantitative estimate of drug-likeness (QED) is 0.520. The van der Waals surface area contributed by atoms with E-state index in [0.29, 0.717) is 30.6 Å². The van der Waals surface area contributed by atoms with Gasteiger partial charge in [-0.15, -0.1) is 0 Å². The van der Waals surface area contributed by atoms with Crippen LogP contribution in [0, 0.1) is 34.5 Å². The number of piperidine rings is 1. The molecule has 5 N–H and O–H groups in total. The van der Waals surface area contributed by atoms with Crippen LogP contribution in [0.15, 0.2) is 30.5 Å². The number of rotatable bonds is 6. The van der Waals surface area contributed by atoms with Crippen molar-refractivity contribution in [2.24, 2.45) is 34.6 Å². The molecule has 6 fully saturated rings. The highest BCUT2D eigenvalue weighted by molar-refractivity contribution is 5.85. The lowest BCUT2D eigenvalue weighted by Crippen LogP contribution is -2.66. The molecule has 8 rings (SSSR count). The predicted molar refractivity (Wildman–Crippen MR) is 137 cm³/mol. The van der Waals surface area contributed by atoms with E-state index in [2.05, 4.69) is 11.1 Å². The van der Waals surface area contributed by atoms with Crippen molar-refractivity contribution in [3.8, 4) is 6.07 Å². The second-order valence-electron chi connectivity index (χ2n) is 12.8. The summed E-state index contributed by atoms with van der Waals surface area (Å²) in [6, 6.07) is 8.72. The third kappa shape index (κ3) is 3.62. The number of esters is 1. The minimum atomic E-state index is -0.758. The van der Waals surface area contributed by atoms with Gasteiger partial charge in [0, 0.05) is 29.6 Å². The Balaban J connectivity index is 1.09. The van der Waals surface area contributed by atoms with E-state index in [-0.39, 0.29) is 29.4 Å². The number of ether oxygens (including phenoxy) is 1. The topological polar surface area (TPSA) is 138 Å². The van der Waals surface area contributed by atoms with Crippen molar-refractivity contribution >= 4 is 22.8 Å². The fourth-order valence-corrected chi connectivity index (χ4v) is 8.95. The zero-order chi connectivity index (χ0) is 25.5. The lowest BCUT2D eigenvalue weighted by molar-refractivity contribution is -0.206. The van der Waals surface area contributed by atoms with Gasteiger partial charge in [-0.3, -0.25) is 9.59 Å². The first-order valence-electron chi connectivity index (χ1n) is 13.8. The molecule has 37 heavy (non-hydrogen) atoms. The van der Waals surface area contributed by atoms with E-state index in [1.54, 1.807) is 4.90 Å². The van der Waals surface area contributed by atoms with Gasteiger partial charge in [-0.1, -0.05) is 18.2 Å². The number of hydrogen-bond donors (Lipinski definition) is 3. The number of aromatic amines is 1. The Hall–Kier alpha value is -2.89. The van der Waals surface area contributed by atoms with Crippen molar-refractivity contribution in [1.29, 1.82) is 5.26 Å². The van der Waals surface area contributed by atoms with Gasteiger partial charge in [0.05, 0.1) is 12.1 Å². The van der Waals surface area contributed by atoms with Crippen LogP contribution in [0.3, 0.4) is 0 Å². The molecule has 1 aromatic carbocycles. The van der Waals surface area contributed by atoms with E-state index in [1.807, 2.05) is 30.5 Å². The number of nitrogens with one attached hydrogen (secondary N) is 1. The molecule has 8 heteroatoms. The van der Waals surface area contributed by atoms with Crippen LogP contribution in [0.2, 0.25) is 0 Å². The number of aromatic nitrogens is 1. The number of likely N-dealkylation sites (tertiary alicyclic amines) is 1. The van der Waals surface area contributed by atoms with Crippen molar-refractivity contribution in [2.75, 3.05) is 0 Å². The summed E-state index contributed by atoms with van der Waals surface area (Å²) in [5.41, 5.74) is 14.3. The van der Waals surface area contributed by atoms with Crippen LogP contribution in [0.25, 0.3) is 10.9 Å². The van der Waals surface area contributed by atoms with Gasteiger partial charge in [-0.2, -0.15) is 5.26 Å². The lowest BCUT2D eigenvalue weighted by Gasteiger charge is -2.62. The molecule has 7 atom stereocenters. The number of nitrogens with two attached hydrogens (primary N) is 2. The van der Waals surface area contributed by atoms with Crippen LogP contribution in [0.4, 0.5) is 0 Å². The van der Waals surface area contributed by atoms with E-state index >= 15 is 0 Å². The number of carbonyl (C=O) groups excluding carboxylic acids is 2. The van der Waals surface area contributed by atoms with Crippen molar-refractivity contribution in [2.45, 2.75) is 87.6 Å². The summed E-state index contributed by atoms with van der Waals surface area (Å²) >= 11 is 0. The molecule has 0 spiro atoms. The Bertz CT molecular complexity index is 1300. The molecular weight excluding hydrogens is 466 g/mol. The Morgan fingerprint density at radius 2 is 1.89 bits per heavy atom. The maximum atomic E-state index is 13.7. The predicted octanol–water partition coefficient (Wildman–Crippen LogP) is 2.76. The summed E-state index contributed by atoms with van der Waals surface area (Å²) in [7, 11) is 0. The highest BCUT2D eigenvalue weighted by atomic mass is 16.6. The van der Waals surface area contributed by atoms with Gasteiger partial charge in [0.2, 0.25) is 5.91 Å². The second-order valence-corrected chi connectivity index (χ2v) is 12.8. The smallest absolute Gasteiger partial charge is 0.323 e. The maximum Gasteiger partial charge on any atom is 0.323 e. The van der Waals surface area contributed by atoms with Crippen LogP contribution in [0.1, 0.15) is 56.9 Å². The van der Waals surface area contributed by atoms with Gasteiger partial charge < -0.3 is 26.1 Å². The summed E-state index contributed by atoms with van der Waals surface area (Å²) in [5.74, 6) is 0.819. The SMILES string of the molecule is N#CC1CC2CC2N1C(=O)C(N)C12CC3CC(CC(OC(=O)C(N)Cc4c[nH]c5ccccc45)(C3)C1)C2. The van der Waals surface area contributed by atoms with Crippen molar-refractivity contribution < 1.29 is 14.3 Å². The third-order valence-electron chi connectivity index (χ3n) is 10.2. The van der Waals surface area contributed by atoms with Crippen LogP contribution in [-0.4, -0.2) is 51.5 Å². The average molecular weight is 502 g/mol. The molecule has 2 aromatic rings. The minimum absolute atomic E-state index is 0.0731. The molecule has 1 amide bonds. The Morgan fingerprint density at radius 1 is 1.14 bits per heavy atom. The third-order valence-corrected chi connectivity index (χ3v) is 10.2. The number of amides is 1. The van der Waals surface area contributed by atoms with Gasteiger partial charge in [0.15, 0.2) is 0 Å². The summed E-state index contributed by atoms with van der Waals surface area (Å²) in [5, 5.41) is 10.7. The summed E-state index contributed by atoms with van der Waals surface area (Å²) in [6.45, 7) is 0. The Morgan fingerprint density at radius 3 is 2.65 bits per heavy atom. The largest absolute Gasteiger partial charge is 0.458 e. The summed E-state index contributed by atoms with van der Waals surface area (Å²) < 4.78 is 6.32. The average Bonchev–Trinajstić information content (AvgIpc) is 3.35. The minimum Gasteiger partial charge on any atom is -0.458 e. The first-order chi connectivity index (χ1) is 17.8. The highest BCUT2D eigenvalue weighted by Crippen LogP contribution is 2.64. The number of para-hydroxylation sites is 1. The number of hydrogen-bond acceptors (Lipinski definition) is 6. The highest BCUT2D eigenvalue weighted by Gasteiger charge is 2.64. The molecule has 1 saturated heterocycles. The zero-order valence-electron chi connectivity index (χ0n) is 21.1. The van der Waals surface area contributed by atoms with Crippen molar-refractivity contribution in [3.63, 3.8) is 0 Å². The number of nitriles is 1. The van der Waals surface area contributed by atoms with Crippen LogP contribution < -0.4 is 11.5 Å². The van der Waals surface area contributed by atoms with E-state index < -0.39 is 17.7 Å². The van der Waals surface area contributed by atoms with E-state index in [4.69, 9.17) is 16.2 Å². The van der Waals surface area contributed by atoms with E-state index in [9.17, 15) is 14.9 Å². The molecule has 5 saturated carbocycles. The molecule has 6 aliphatic rings. The normalized spacial score (nSPS) is 38.7. The van der Waals surface area contributed by atoms with Crippen LogP contribution >= 0.6 is 0 Å². The molecule has 194 valence electrons. The molecule has 2 heterocycles. The fourth-order valence-electron chi connectivity index (χ4n) is 8.95. The standard InChI is InChI=1S/C29H35N5O3/c30-13-20-6-18-8-24(18)34(20)26(35)25(32)28-9-16-5-17(10-28)12-29(11-16,15-28)37-27(36)22(31)7-19-14-33-23-4-2-1-3-21(19)23/h1-4,14,16-18,20,22,24-25,33H,5-12,15,31-32H2. The second kappa shape index (κ2) is 8.05. The number of fused-ring (bicyclic) bond motifs is 2. The van der Waals surface area contributed by atoms with E-state index in [0.717, 1.165) is 61.4 Å². The number of H-pyrrole nitrogens is 1. The first-order valence-corrected chi connectivity index (χ1v) is 13.8. The van der Waals surface area contributed by atoms with Gasteiger partial charge in [0.1, 0.15) is 17.7 Å². The van der Waals surface area contributed by atoms with Crippen molar-refractivity contribution in [3.05, 3.63) is 36.0 Å². The summed E-state index contributed by atoms with van der Waals surface area (Å²) in [4.78, 5) is 32.1. The number of nitrogens with zero attached hydrogens (tertiary/aromatic N) is 2. The molecule has 4 bridgehead atoms. The molecule has 8 nitrogen and oxygen atoms in total.